The number of nitrogens with zero attached hydrogens (tertiary/aromatic N) is 2. The van der Waals surface area contributed by atoms with Crippen LogP contribution in [0.2, 0.25) is 0 Å². The Morgan fingerprint density at radius 2 is 1.91 bits per heavy atom. The maximum atomic E-state index is 12.4. The number of hydrazone groups is 1. The molecule has 1 heterocycles. The highest BCUT2D eigenvalue weighted by Gasteiger charge is 2.44. The van der Waals surface area contributed by atoms with Crippen molar-refractivity contribution in [3.05, 3.63) is 87.7 Å². The second kappa shape index (κ2) is 8.42. The van der Waals surface area contributed by atoms with Gasteiger partial charge in [0.15, 0.2) is 0 Å². The molecule has 1 N–H and O–H groups in total. The molecule has 3 aromatic rings. The summed E-state index contributed by atoms with van der Waals surface area (Å²) in [6.07, 6.45) is 2.24. The van der Waals surface area contributed by atoms with Crippen molar-refractivity contribution < 1.29 is 14.1 Å². The minimum atomic E-state index is -0.450. The molecular weight excluding hydrogens is 406 g/mol. The van der Waals surface area contributed by atoms with Gasteiger partial charge in [0, 0.05) is 23.6 Å². The SMILES string of the molecule is CC(C)(C)c1ccc([C@@H]2C[C@@H]2C(=O)N/N=C\c2ccc(-c3cccc([N+](=O)[O-])c3)o2)cc1. The van der Waals surface area contributed by atoms with E-state index >= 15 is 0 Å². The molecular formula is C25H25N3O4. The number of carbonyl (C=O) groups excluding carboxylic acids is 1. The van der Waals surface area contributed by atoms with Gasteiger partial charge in [-0.2, -0.15) is 5.10 Å². The van der Waals surface area contributed by atoms with Gasteiger partial charge in [0.25, 0.3) is 5.69 Å². The van der Waals surface area contributed by atoms with E-state index in [1.807, 2.05) is 0 Å². The number of furan rings is 1. The minimum absolute atomic E-state index is 0.00610. The van der Waals surface area contributed by atoms with E-state index in [-0.39, 0.29) is 28.8 Å². The van der Waals surface area contributed by atoms with Gasteiger partial charge in [-0.25, -0.2) is 5.43 Å². The van der Waals surface area contributed by atoms with Gasteiger partial charge in [0.2, 0.25) is 5.91 Å². The minimum Gasteiger partial charge on any atom is -0.455 e. The summed E-state index contributed by atoms with van der Waals surface area (Å²) in [5, 5.41) is 14.9. The number of nitro benzene ring substituents is 1. The standard InChI is InChI=1S/C25H25N3O4/c1-25(2,3)18-9-7-16(8-10-18)21-14-22(21)24(29)27-26-15-20-11-12-23(32-20)17-5-4-6-19(13-17)28(30)31/h4-13,15,21-22H,14H2,1-3H3,(H,27,29)/b26-15-/t21-,22-/m0/s1. The molecule has 0 radical (unpaired) electrons. The van der Waals surface area contributed by atoms with Gasteiger partial charge in [-0.05, 0) is 41.0 Å². The molecule has 0 unspecified atom stereocenters. The van der Waals surface area contributed by atoms with Gasteiger partial charge < -0.3 is 4.42 Å². The van der Waals surface area contributed by atoms with E-state index in [0.717, 1.165) is 6.42 Å². The Morgan fingerprint density at radius 3 is 2.59 bits per heavy atom. The Morgan fingerprint density at radius 1 is 1.16 bits per heavy atom. The Hall–Kier alpha value is -3.74. The van der Waals surface area contributed by atoms with Crippen LogP contribution < -0.4 is 5.43 Å². The van der Waals surface area contributed by atoms with E-state index in [4.69, 9.17) is 4.42 Å². The molecule has 7 nitrogen and oxygen atoms in total. The number of hydrogen-bond acceptors (Lipinski definition) is 5. The van der Waals surface area contributed by atoms with Gasteiger partial charge in [0.05, 0.1) is 11.1 Å². The molecule has 1 amide bonds. The average Bonchev–Trinajstić information content (AvgIpc) is 3.44. The molecule has 0 saturated heterocycles. The predicted molar refractivity (Wildman–Crippen MR) is 123 cm³/mol. The number of non-ortho nitro benzene ring substituents is 1. The molecule has 1 aliphatic rings. The average molecular weight is 431 g/mol. The summed E-state index contributed by atoms with van der Waals surface area (Å²) in [5.74, 6) is 0.962. The maximum Gasteiger partial charge on any atom is 0.270 e. The quantitative estimate of drug-likeness (QED) is 0.321. The van der Waals surface area contributed by atoms with Gasteiger partial charge in [-0.3, -0.25) is 14.9 Å². The first-order valence-electron chi connectivity index (χ1n) is 10.5. The zero-order valence-corrected chi connectivity index (χ0v) is 18.2. The molecule has 1 fully saturated rings. The number of nitrogens with one attached hydrogen (secondary N) is 1. The van der Waals surface area contributed by atoms with Gasteiger partial charge in [-0.1, -0.05) is 57.2 Å². The number of nitro groups is 1. The first-order valence-corrected chi connectivity index (χ1v) is 10.5. The first kappa shape index (κ1) is 21.5. The van der Waals surface area contributed by atoms with Crippen LogP contribution in [0, 0.1) is 16.0 Å². The molecule has 2 aromatic carbocycles. The second-order valence-electron chi connectivity index (χ2n) is 9.06. The summed E-state index contributed by atoms with van der Waals surface area (Å²) in [7, 11) is 0. The van der Waals surface area contributed by atoms with E-state index in [1.54, 1.807) is 24.3 Å². The molecule has 4 rings (SSSR count). The van der Waals surface area contributed by atoms with E-state index < -0.39 is 4.92 Å². The molecule has 0 bridgehead atoms. The van der Waals surface area contributed by atoms with Crippen LogP contribution in [0.15, 0.2) is 70.2 Å². The number of rotatable bonds is 6. The number of amides is 1. The summed E-state index contributed by atoms with van der Waals surface area (Å²) >= 11 is 0. The topological polar surface area (TPSA) is 97.7 Å². The van der Waals surface area contributed by atoms with Crippen molar-refractivity contribution in [2.75, 3.05) is 0 Å². The Labute approximate surface area is 186 Å². The van der Waals surface area contributed by atoms with Crippen LogP contribution in [0.25, 0.3) is 11.3 Å². The molecule has 1 aliphatic carbocycles. The fourth-order valence-corrected chi connectivity index (χ4v) is 3.68. The molecule has 7 heteroatoms. The van der Waals surface area contributed by atoms with E-state index in [9.17, 15) is 14.9 Å². The lowest BCUT2D eigenvalue weighted by molar-refractivity contribution is -0.384. The zero-order chi connectivity index (χ0) is 22.9. The monoisotopic (exact) mass is 431 g/mol. The molecule has 0 spiro atoms. The number of carbonyl (C=O) groups is 1. The van der Waals surface area contributed by atoms with Crippen molar-refractivity contribution in [1.82, 2.24) is 5.43 Å². The largest absolute Gasteiger partial charge is 0.455 e. The van der Waals surface area contributed by atoms with Gasteiger partial charge >= 0.3 is 0 Å². The third kappa shape index (κ3) is 4.77. The van der Waals surface area contributed by atoms with Crippen molar-refractivity contribution in [3.63, 3.8) is 0 Å². The zero-order valence-electron chi connectivity index (χ0n) is 18.2. The van der Waals surface area contributed by atoms with Crippen LogP contribution in [0.3, 0.4) is 0 Å². The summed E-state index contributed by atoms with van der Waals surface area (Å²) < 4.78 is 5.67. The summed E-state index contributed by atoms with van der Waals surface area (Å²) in [6.45, 7) is 6.54. The predicted octanol–water partition coefficient (Wildman–Crippen LogP) is 5.41. The molecule has 1 saturated carbocycles. The maximum absolute atomic E-state index is 12.4. The van der Waals surface area contributed by atoms with Crippen molar-refractivity contribution >= 4 is 17.8 Å². The van der Waals surface area contributed by atoms with Crippen LogP contribution in [0.1, 0.15) is 50.0 Å². The molecule has 0 aliphatic heterocycles. The summed E-state index contributed by atoms with van der Waals surface area (Å²) in [6, 6.07) is 18.1. The van der Waals surface area contributed by atoms with Crippen LogP contribution in [-0.4, -0.2) is 17.0 Å². The smallest absolute Gasteiger partial charge is 0.270 e. The van der Waals surface area contributed by atoms with E-state index in [2.05, 4.69) is 55.6 Å². The Kier molecular flexibility index (Phi) is 5.65. The van der Waals surface area contributed by atoms with E-state index in [1.165, 1.54) is 29.5 Å². The lowest BCUT2D eigenvalue weighted by Crippen LogP contribution is -2.20. The third-order valence-corrected chi connectivity index (χ3v) is 5.67. The lowest BCUT2D eigenvalue weighted by atomic mass is 9.86. The van der Waals surface area contributed by atoms with Gasteiger partial charge in [-0.15, -0.1) is 0 Å². The highest BCUT2D eigenvalue weighted by Crippen LogP contribution is 2.47. The molecule has 2 atom stereocenters. The summed E-state index contributed by atoms with van der Waals surface area (Å²) in [4.78, 5) is 22.9. The first-order chi connectivity index (χ1) is 15.2. The molecule has 164 valence electrons. The summed E-state index contributed by atoms with van der Waals surface area (Å²) in [5.41, 5.74) is 5.73. The molecule has 32 heavy (non-hydrogen) atoms. The van der Waals surface area contributed by atoms with Crippen LogP contribution in [0.4, 0.5) is 5.69 Å². The van der Waals surface area contributed by atoms with Crippen molar-refractivity contribution in [2.24, 2.45) is 11.0 Å². The Bertz CT molecular complexity index is 1170. The third-order valence-electron chi connectivity index (χ3n) is 5.67. The van der Waals surface area contributed by atoms with Crippen molar-refractivity contribution in [2.45, 2.75) is 38.5 Å². The fourth-order valence-electron chi connectivity index (χ4n) is 3.68. The fraction of sp³-hybridized carbons (Fsp3) is 0.280. The second-order valence-corrected chi connectivity index (χ2v) is 9.06. The van der Waals surface area contributed by atoms with Crippen LogP contribution in [-0.2, 0) is 10.2 Å². The highest BCUT2D eigenvalue weighted by molar-refractivity contribution is 5.85. The van der Waals surface area contributed by atoms with Crippen LogP contribution >= 0.6 is 0 Å². The van der Waals surface area contributed by atoms with Crippen LogP contribution in [0.5, 0.6) is 0 Å². The van der Waals surface area contributed by atoms with Gasteiger partial charge in [0.1, 0.15) is 11.5 Å². The lowest BCUT2D eigenvalue weighted by Gasteiger charge is -2.19. The van der Waals surface area contributed by atoms with Crippen molar-refractivity contribution in [1.29, 1.82) is 0 Å². The molecule has 1 aromatic heterocycles. The number of hydrogen-bond donors (Lipinski definition) is 1. The van der Waals surface area contributed by atoms with E-state index in [0.29, 0.717) is 17.1 Å². The Balaban J connectivity index is 1.33. The normalized spacial score (nSPS) is 18.0. The highest BCUT2D eigenvalue weighted by atomic mass is 16.6. The number of benzene rings is 2. The van der Waals surface area contributed by atoms with Crippen molar-refractivity contribution in [3.8, 4) is 11.3 Å².